The fourth-order valence-electron chi connectivity index (χ4n) is 2.50. The fraction of sp³-hybridized carbons (Fsp3) is 0.615. The Balaban J connectivity index is 2.03. The minimum absolute atomic E-state index is 0.454. The van der Waals surface area contributed by atoms with E-state index in [2.05, 4.69) is 28.9 Å². The van der Waals surface area contributed by atoms with Gasteiger partial charge in [-0.3, -0.25) is 4.90 Å². The summed E-state index contributed by atoms with van der Waals surface area (Å²) >= 11 is 12.0. The monoisotopic (exact) mass is 287 g/mol. The number of aromatic nitrogens is 1. The Morgan fingerprint density at radius 1 is 1.44 bits per heavy atom. The van der Waals surface area contributed by atoms with Gasteiger partial charge in [0, 0.05) is 35.9 Å². The fourth-order valence-corrected chi connectivity index (χ4v) is 2.93. The first-order chi connectivity index (χ1) is 8.56. The second kappa shape index (κ2) is 6.20. The molecule has 1 aromatic rings. The predicted molar refractivity (Wildman–Crippen MR) is 76.2 cm³/mol. The van der Waals surface area contributed by atoms with Crippen molar-refractivity contribution in [2.75, 3.05) is 27.2 Å². The summed E-state index contributed by atoms with van der Waals surface area (Å²) in [5.74, 6) is 0. The maximum absolute atomic E-state index is 6.20. The molecule has 0 aliphatic carbocycles. The second-order valence-corrected chi connectivity index (χ2v) is 5.92. The van der Waals surface area contributed by atoms with Crippen molar-refractivity contribution in [1.29, 1.82) is 0 Å². The molecule has 0 bridgehead atoms. The van der Waals surface area contributed by atoms with E-state index in [-0.39, 0.29) is 0 Å². The number of likely N-dealkylation sites (tertiary alicyclic amines) is 1. The van der Waals surface area contributed by atoms with Crippen molar-refractivity contribution in [3.05, 3.63) is 28.0 Å². The number of pyridine rings is 1. The molecule has 1 aliphatic heterocycles. The summed E-state index contributed by atoms with van der Waals surface area (Å²) in [6.07, 6.45) is 4.31. The van der Waals surface area contributed by atoms with Gasteiger partial charge in [0.25, 0.3) is 0 Å². The standard InChI is InChI=1S/C13H19Cl2N3/c1-17(2)9-11-4-3-5-18(11)8-10-7-16-13(15)6-12(10)14/h6-7,11H,3-5,8-9H2,1-2H3. The van der Waals surface area contributed by atoms with E-state index >= 15 is 0 Å². The lowest BCUT2D eigenvalue weighted by Gasteiger charge is -2.27. The summed E-state index contributed by atoms with van der Waals surface area (Å²) < 4.78 is 0. The zero-order chi connectivity index (χ0) is 13.1. The molecule has 0 radical (unpaired) electrons. The Morgan fingerprint density at radius 2 is 2.22 bits per heavy atom. The number of hydrogen-bond acceptors (Lipinski definition) is 3. The molecular weight excluding hydrogens is 269 g/mol. The Hall–Kier alpha value is -0.350. The first-order valence-electron chi connectivity index (χ1n) is 6.25. The minimum Gasteiger partial charge on any atom is -0.308 e. The smallest absolute Gasteiger partial charge is 0.130 e. The maximum Gasteiger partial charge on any atom is 0.130 e. The van der Waals surface area contributed by atoms with Crippen LogP contribution < -0.4 is 0 Å². The average Bonchev–Trinajstić information content (AvgIpc) is 2.69. The molecule has 1 fully saturated rings. The van der Waals surface area contributed by atoms with Crippen molar-refractivity contribution >= 4 is 23.2 Å². The Morgan fingerprint density at radius 3 is 2.89 bits per heavy atom. The van der Waals surface area contributed by atoms with E-state index < -0.39 is 0 Å². The van der Waals surface area contributed by atoms with E-state index in [1.54, 1.807) is 12.3 Å². The summed E-state index contributed by atoms with van der Waals surface area (Å²) in [6, 6.07) is 2.34. The summed E-state index contributed by atoms with van der Waals surface area (Å²) in [4.78, 5) is 8.84. The number of rotatable bonds is 4. The van der Waals surface area contributed by atoms with Crippen molar-refractivity contribution in [3.63, 3.8) is 0 Å². The van der Waals surface area contributed by atoms with Gasteiger partial charge >= 0.3 is 0 Å². The highest BCUT2D eigenvalue weighted by Gasteiger charge is 2.25. The quantitative estimate of drug-likeness (QED) is 0.794. The molecule has 1 aromatic heterocycles. The van der Waals surface area contributed by atoms with Gasteiger partial charge < -0.3 is 4.90 Å². The highest BCUT2D eigenvalue weighted by molar-refractivity contribution is 6.34. The lowest BCUT2D eigenvalue weighted by molar-refractivity contribution is 0.201. The molecule has 1 saturated heterocycles. The average molecular weight is 288 g/mol. The van der Waals surface area contributed by atoms with Gasteiger partial charge in [-0.05, 0) is 39.5 Å². The molecule has 0 saturated carbocycles. The van der Waals surface area contributed by atoms with Crippen LogP contribution in [-0.2, 0) is 6.54 Å². The molecule has 0 amide bonds. The zero-order valence-electron chi connectivity index (χ0n) is 10.9. The van der Waals surface area contributed by atoms with Gasteiger partial charge in [-0.25, -0.2) is 4.98 Å². The first kappa shape index (κ1) is 14.1. The molecule has 1 atom stereocenters. The molecule has 1 unspecified atom stereocenters. The minimum atomic E-state index is 0.454. The SMILES string of the molecule is CN(C)CC1CCCN1Cc1cnc(Cl)cc1Cl. The van der Waals surface area contributed by atoms with Crippen molar-refractivity contribution in [3.8, 4) is 0 Å². The Bertz CT molecular complexity index is 409. The van der Waals surface area contributed by atoms with Crippen LogP contribution in [0.1, 0.15) is 18.4 Å². The molecule has 0 N–H and O–H groups in total. The van der Waals surface area contributed by atoms with E-state index in [4.69, 9.17) is 23.2 Å². The van der Waals surface area contributed by atoms with Gasteiger partial charge in [0.05, 0.1) is 0 Å². The molecule has 0 aromatic carbocycles. The summed E-state index contributed by atoms with van der Waals surface area (Å²) in [5.41, 5.74) is 1.06. The van der Waals surface area contributed by atoms with Gasteiger partial charge in [-0.15, -0.1) is 0 Å². The maximum atomic E-state index is 6.20. The van der Waals surface area contributed by atoms with E-state index in [1.165, 1.54) is 12.8 Å². The molecule has 1 aliphatic rings. The van der Waals surface area contributed by atoms with Crippen LogP contribution in [0.4, 0.5) is 0 Å². The van der Waals surface area contributed by atoms with Crippen LogP contribution in [0.25, 0.3) is 0 Å². The van der Waals surface area contributed by atoms with E-state index in [9.17, 15) is 0 Å². The molecule has 2 rings (SSSR count). The van der Waals surface area contributed by atoms with E-state index in [1.807, 2.05) is 0 Å². The van der Waals surface area contributed by atoms with Gasteiger partial charge in [0.15, 0.2) is 0 Å². The van der Waals surface area contributed by atoms with Crippen molar-refractivity contribution in [2.24, 2.45) is 0 Å². The number of likely N-dealkylation sites (N-methyl/N-ethyl adjacent to an activating group) is 1. The first-order valence-corrected chi connectivity index (χ1v) is 7.00. The lowest BCUT2D eigenvalue weighted by atomic mass is 10.2. The molecule has 0 spiro atoms. The third kappa shape index (κ3) is 3.58. The second-order valence-electron chi connectivity index (χ2n) is 5.13. The number of hydrogen-bond donors (Lipinski definition) is 0. The summed E-state index contributed by atoms with van der Waals surface area (Å²) in [6.45, 7) is 3.09. The van der Waals surface area contributed by atoms with Crippen molar-refractivity contribution in [1.82, 2.24) is 14.8 Å². The molecule has 18 heavy (non-hydrogen) atoms. The van der Waals surface area contributed by atoms with Crippen LogP contribution in [0.5, 0.6) is 0 Å². The van der Waals surface area contributed by atoms with E-state index in [0.717, 1.165) is 25.2 Å². The Kier molecular flexibility index (Phi) is 4.84. The van der Waals surface area contributed by atoms with Gasteiger partial charge in [0.2, 0.25) is 0 Å². The third-order valence-corrected chi connectivity index (χ3v) is 3.90. The molecule has 100 valence electrons. The van der Waals surface area contributed by atoms with Crippen LogP contribution in [0, 0.1) is 0 Å². The van der Waals surface area contributed by atoms with Crippen LogP contribution in [-0.4, -0.2) is 48.0 Å². The Labute approximate surface area is 119 Å². The van der Waals surface area contributed by atoms with E-state index in [0.29, 0.717) is 16.2 Å². The van der Waals surface area contributed by atoms with Gasteiger partial charge in [-0.1, -0.05) is 23.2 Å². The normalized spacial score (nSPS) is 20.8. The zero-order valence-corrected chi connectivity index (χ0v) is 12.4. The summed E-state index contributed by atoms with van der Waals surface area (Å²) in [5, 5.41) is 1.17. The molecule has 3 nitrogen and oxygen atoms in total. The highest BCUT2D eigenvalue weighted by Crippen LogP contribution is 2.25. The third-order valence-electron chi connectivity index (χ3n) is 3.34. The van der Waals surface area contributed by atoms with Crippen LogP contribution >= 0.6 is 23.2 Å². The molecule has 2 heterocycles. The lowest BCUT2D eigenvalue weighted by Crippen LogP contribution is -2.37. The predicted octanol–water partition coefficient (Wildman–Crippen LogP) is 2.91. The van der Waals surface area contributed by atoms with Crippen LogP contribution in [0.15, 0.2) is 12.3 Å². The molecule has 5 heteroatoms. The highest BCUT2D eigenvalue weighted by atomic mass is 35.5. The van der Waals surface area contributed by atoms with Gasteiger partial charge in [-0.2, -0.15) is 0 Å². The number of nitrogens with zero attached hydrogens (tertiary/aromatic N) is 3. The number of halogens is 2. The van der Waals surface area contributed by atoms with Crippen LogP contribution in [0.3, 0.4) is 0 Å². The topological polar surface area (TPSA) is 19.4 Å². The molecular formula is C13H19Cl2N3. The van der Waals surface area contributed by atoms with Gasteiger partial charge in [0.1, 0.15) is 5.15 Å². The largest absolute Gasteiger partial charge is 0.308 e. The summed E-state index contributed by atoms with van der Waals surface area (Å²) in [7, 11) is 4.24. The van der Waals surface area contributed by atoms with Crippen molar-refractivity contribution in [2.45, 2.75) is 25.4 Å². The van der Waals surface area contributed by atoms with Crippen LogP contribution in [0.2, 0.25) is 10.2 Å². The van der Waals surface area contributed by atoms with Crippen molar-refractivity contribution < 1.29 is 0 Å².